The molecule has 1 saturated heterocycles. The molecule has 0 saturated carbocycles. The summed E-state index contributed by atoms with van der Waals surface area (Å²) in [6, 6.07) is -1.15. The Morgan fingerprint density at radius 1 is 1.25 bits per heavy atom. The molecule has 2 unspecified atom stereocenters. The molecule has 0 aliphatic carbocycles. The summed E-state index contributed by atoms with van der Waals surface area (Å²) in [6.45, 7) is 4.58. The molecule has 2 N–H and O–H groups in total. The molecule has 2 amide bonds. The van der Waals surface area contributed by atoms with Gasteiger partial charge in [0.25, 0.3) is 0 Å². The monoisotopic (exact) mass is 246 g/mol. The highest BCUT2D eigenvalue weighted by Crippen LogP contribution is 2.12. The van der Waals surface area contributed by atoms with Crippen LogP contribution in [0.4, 0.5) is 0 Å². The average molecular weight is 246 g/mol. The van der Waals surface area contributed by atoms with Gasteiger partial charge in [-0.2, -0.15) is 0 Å². The number of rotatable bonds is 3. The SMILES string of the molecule is C=CC(=O)NC1CS(=O)(=O)CC1NC(C)=O. The van der Waals surface area contributed by atoms with Gasteiger partial charge in [-0.3, -0.25) is 9.59 Å². The molecule has 1 aliphatic heterocycles. The van der Waals surface area contributed by atoms with Gasteiger partial charge in [-0.25, -0.2) is 8.42 Å². The van der Waals surface area contributed by atoms with Crippen molar-refractivity contribution in [2.75, 3.05) is 11.5 Å². The summed E-state index contributed by atoms with van der Waals surface area (Å²) in [5, 5.41) is 5.00. The highest BCUT2D eigenvalue weighted by atomic mass is 32.2. The Labute approximate surface area is 94.0 Å². The Morgan fingerprint density at radius 3 is 2.19 bits per heavy atom. The van der Waals surface area contributed by atoms with E-state index in [4.69, 9.17) is 0 Å². The van der Waals surface area contributed by atoms with E-state index in [1.165, 1.54) is 6.92 Å². The van der Waals surface area contributed by atoms with Crippen LogP contribution in [0.25, 0.3) is 0 Å². The maximum absolute atomic E-state index is 11.4. The minimum Gasteiger partial charge on any atom is -0.350 e. The van der Waals surface area contributed by atoms with Crippen molar-refractivity contribution in [2.45, 2.75) is 19.0 Å². The third kappa shape index (κ3) is 3.34. The van der Waals surface area contributed by atoms with Crippen LogP contribution >= 0.6 is 0 Å². The van der Waals surface area contributed by atoms with Crippen molar-refractivity contribution in [3.05, 3.63) is 12.7 Å². The van der Waals surface area contributed by atoms with Gasteiger partial charge in [-0.05, 0) is 6.08 Å². The normalized spacial score (nSPS) is 27.1. The first-order valence-electron chi connectivity index (χ1n) is 4.74. The lowest BCUT2D eigenvalue weighted by atomic mass is 10.1. The van der Waals surface area contributed by atoms with E-state index in [1.807, 2.05) is 0 Å². The van der Waals surface area contributed by atoms with Gasteiger partial charge in [-0.15, -0.1) is 0 Å². The van der Waals surface area contributed by atoms with Crippen LogP contribution in [0.3, 0.4) is 0 Å². The van der Waals surface area contributed by atoms with Crippen LogP contribution in [0.2, 0.25) is 0 Å². The molecule has 6 nitrogen and oxygen atoms in total. The molecule has 0 bridgehead atoms. The van der Waals surface area contributed by atoms with Crippen LogP contribution in [0.1, 0.15) is 6.92 Å². The molecule has 1 aliphatic rings. The van der Waals surface area contributed by atoms with Gasteiger partial charge in [0.1, 0.15) is 0 Å². The molecule has 2 atom stereocenters. The predicted octanol–water partition coefficient (Wildman–Crippen LogP) is -1.41. The lowest BCUT2D eigenvalue weighted by Crippen LogP contribution is -2.50. The zero-order valence-electron chi connectivity index (χ0n) is 8.89. The van der Waals surface area contributed by atoms with E-state index in [0.29, 0.717) is 0 Å². The van der Waals surface area contributed by atoms with Crippen molar-refractivity contribution in [3.8, 4) is 0 Å². The van der Waals surface area contributed by atoms with E-state index in [9.17, 15) is 18.0 Å². The first-order valence-corrected chi connectivity index (χ1v) is 6.56. The van der Waals surface area contributed by atoms with E-state index in [2.05, 4.69) is 17.2 Å². The largest absolute Gasteiger partial charge is 0.350 e. The lowest BCUT2D eigenvalue weighted by Gasteiger charge is -2.18. The van der Waals surface area contributed by atoms with Gasteiger partial charge in [-0.1, -0.05) is 6.58 Å². The van der Waals surface area contributed by atoms with E-state index in [-0.39, 0.29) is 17.4 Å². The van der Waals surface area contributed by atoms with E-state index >= 15 is 0 Å². The first kappa shape index (κ1) is 12.7. The minimum absolute atomic E-state index is 0.144. The second kappa shape index (κ2) is 4.65. The molecule has 0 aromatic heterocycles. The third-order valence-corrected chi connectivity index (χ3v) is 3.99. The lowest BCUT2D eigenvalue weighted by molar-refractivity contribution is -0.121. The summed E-state index contributed by atoms with van der Waals surface area (Å²) in [7, 11) is -3.21. The Hall–Kier alpha value is -1.37. The van der Waals surface area contributed by atoms with E-state index in [1.54, 1.807) is 0 Å². The summed E-state index contributed by atoms with van der Waals surface area (Å²) in [5.74, 6) is -1.07. The number of carbonyl (C=O) groups is 2. The first-order chi connectivity index (χ1) is 7.34. The number of hydrogen-bond acceptors (Lipinski definition) is 4. The van der Waals surface area contributed by atoms with Crippen LogP contribution in [-0.4, -0.2) is 43.8 Å². The number of carbonyl (C=O) groups excluding carboxylic acids is 2. The third-order valence-electron chi connectivity index (χ3n) is 2.25. The van der Waals surface area contributed by atoms with Crippen molar-refractivity contribution >= 4 is 21.7 Å². The molecular formula is C9H14N2O4S. The molecule has 7 heteroatoms. The van der Waals surface area contributed by atoms with Crippen molar-refractivity contribution in [1.82, 2.24) is 10.6 Å². The van der Waals surface area contributed by atoms with E-state index < -0.39 is 27.8 Å². The zero-order valence-corrected chi connectivity index (χ0v) is 9.71. The summed E-state index contributed by atoms with van der Waals surface area (Å²) in [6.07, 6.45) is 1.07. The van der Waals surface area contributed by atoms with Crippen molar-refractivity contribution < 1.29 is 18.0 Å². The Bertz CT molecular complexity index is 415. The minimum atomic E-state index is -3.21. The smallest absolute Gasteiger partial charge is 0.243 e. The van der Waals surface area contributed by atoms with Crippen molar-refractivity contribution in [3.63, 3.8) is 0 Å². The fourth-order valence-electron chi connectivity index (χ4n) is 1.63. The van der Waals surface area contributed by atoms with Crippen LogP contribution < -0.4 is 10.6 Å². The molecule has 0 aromatic carbocycles. The highest BCUT2D eigenvalue weighted by molar-refractivity contribution is 7.91. The summed E-state index contributed by atoms with van der Waals surface area (Å²) in [5.41, 5.74) is 0. The number of amides is 2. The molecule has 0 radical (unpaired) electrons. The number of nitrogens with one attached hydrogen (secondary N) is 2. The Kier molecular flexibility index (Phi) is 3.69. The van der Waals surface area contributed by atoms with Crippen molar-refractivity contribution in [1.29, 1.82) is 0 Å². The van der Waals surface area contributed by atoms with Gasteiger partial charge in [0.05, 0.1) is 23.6 Å². The Balaban J connectivity index is 2.75. The van der Waals surface area contributed by atoms with Gasteiger partial charge in [0.2, 0.25) is 11.8 Å². The topological polar surface area (TPSA) is 92.3 Å². The fraction of sp³-hybridized carbons (Fsp3) is 0.556. The van der Waals surface area contributed by atoms with E-state index in [0.717, 1.165) is 6.08 Å². The molecule has 1 fully saturated rings. The molecule has 0 aromatic rings. The average Bonchev–Trinajstić information content (AvgIpc) is 2.39. The maximum Gasteiger partial charge on any atom is 0.243 e. The second-order valence-corrected chi connectivity index (χ2v) is 5.86. The summed E-state index contributed by atoms with van der Waals surface area (Å²) < 4.78 is 22.7. The molecule has 0 spiro atoms. The van der Waals surface area contributed by atoms with Crippen LogP contribution in [-0.2, 0) is 19.4 Å². The quantitative estimate of drug-likeness (QED) is 0.598. The standard InChI is InChI=1S/C9H14N2O4S/c1-3-9(13)11-8-5-16(14,15)4-7(8)10-6(2)12/h3,7-8H,1,4-5H2,2H3,(H,10,12)(H,11,13). The predicted molar refractivity (Wildman–Crippen MR) is 58.4 cm³/mol. The van der Waals surface area contributed by atoms with Gasteiger partial charge < -0.3 is 10.6 Å². The molecule has 1 heterocycles. The fourth-order valence-corrected chi connectivity index (χ4v) is 3.50. The number of sulfone groups is 1. The number of hydrogen-bond donors (Lipinski definition) is 2. The molecular weight excluding hydrogens is 232 g/mol. The molecule has 1 rings (SSSR count). The summed E-state index contributed by atoms with van der Waals surface area (Å²) in [4.78, 5) is 21.9. The van der Waals surface area contributed by atoms with Gasteiger partial charge in [0, 0.05) is 6.92 Å². The molecule has 16 heavy (non-hydrogen) atoms. The van der Waals surface area contributed by atoms with Crippen LogP contribution in [0, 0.1) is 0 Å². The van der Waals surface area contributed by atoms with Crippen molar-refractivity contribution in [2.24, 2.45) is 0 Å². The Morgan fingerprint density at radius 2 is 1.75 bits per heavy atom. The highest BCUT2D eigenvalue weighted by Gasteiger charge is 2.38. The van der Waals surface area contributed by atoms with Gasteiger partial charge >= 0.3 is 0 Å². The van der Waals surface area contributed by atoms with Gasteiger partial charge in [0.15, 0.2) is 9.84 Å². The summed E-state index contributed by atoms with van der Waals surface area (Å²) >= 11 is 0. The zero-order chi connectivity index (χ0) is 12.3. The van der Waals surface area contributed by atoms with Crippen LogP contribution in [0.15, 0.2) is 12.7 Å². The molecule has 90 valence electrons. The second-order valence-electron chi connectivity index (χ2n) is 3.70. The maximum atomic E-state index is 11.4. The van der Waals surface area contributed by atoms with Crippen LogP contribution in [0.5, 0.6) is 0 Å².